The first-order valence-corrected chi connectivity index (χ1v) is 9.77. The Morgan fingerprint density at radius 1 is 1.30 bits per heavy atom. The zero-order chi connectivity index (χ0) is 16.3. The van der Waals surface area contributed by atoms with E-state index in [1.165, 1.54) is 4.31 Å². The third kappa shape index (κ3) is 3.77. The van der Waals surface area contributed by atoms with Crippen LogP contribution in [0.4, 0.5) is 0 Å². The summed E-state index contributed by atoms with van der Waals surface area (Å²) in [5.74, 6) is 0.678. The van der Waals surface area contributed by atoms with Crippen molar-refractivity contribution in [3.63, 3.8) is 0 Å². The van der Waals surface area contributed by atoms with Gasteiger partial charge in [0.05, 0.1) is 18.1 Å². The molecule has 0 unspecified atom stereocenters. The molecule has 2 heterocycles. The molecule has 23 heavy (non-hydrogen) atoms. The van der Waals surface area contributed by atoms with Gasteiger partial charge in [-0.1, -0.05) is 23.9 Å². The molecule has 1 aromatic heterocycles. The fourth-order valence-electron chi connectivity index (χ4n) is 2.37. The van der Waals surface area contributed by atoms with Crippen molar-refractivity contribution in [2.24, 2.45) is 7.05 Å². The van der Waals surface area contributed by atoms with Gasteiger partial charge in [-0.3, -0.25) is 0 Å². The van der Waals surface area contributed by atoms with Crippen molar-refractivity contribution in [2.45, 2.75) is 15.8 Å². The Labute approximate surface area is 140 Å². The Bertz CT molecular complexity index is 768. The van der Waals surface area contributed by atoms with Crippen LogP contribution in [0.1, 0.15) is 5.56 Å². The second kappa shape index (κ2) is 7.04. The summed E-state index contributed by atoms with van der Waals surface area (Å²) in [4.78, 5) is 4.61. The van der Waals surface area contributed by atoms with Crippen LogP contribution in [0.25, 0.3) is 0 Å². The summed E-state index contributed by atoms with van der Waals surface area (Å²) >= 11 is 1.59. The smallest absolute Gasteiger partial charge is 0.243 e. The fraction of sp³-hybridized carbons (Fsp3) is 0.400. The van der Waals surface area contributed by atoms with Gasteiger partial charge in [-0.2, -0.15) is 4.31 Å². The zero-order valence-corrected chi connectivity index (χ0v) is 14.5. The van der Waals surface area contributed by atoms with E-state index in [1.807, 2.05) is 23.9 Å². The van der Waals surface area contributed by atoms with Crippen molar-refractivity contribution in [2.75, 3.05) is 26.3 Å². The Balaban J connectivity index is 1.75. The van der Waals surface area contributed by atoms with Crippen LogP contribution in [0.3, 0.4) is 0 Å². The molecule has 0 spiro atoms. The molecule has 1 aromatic carbocycles. The lowest BCUT2D eigenvalue weighted by atomic mass is 10.2. The Morgan fingerprint density at radius 2 is 2.09 bits per heavy atom. The molecule has 0 radical (unpaired) electrons. The van der Waals surface area contributed by atoms with Crippen molar-refractivity contribution in [3.05, 3.63) is 42.2 Å². The summed E-state index contributed by atoms with van der Waals surface area (Å²) in [5, 5.41) is 0.909. The number of hydrogen-bond acceptors (Lipinski definition) is 5. The van der Waals surface area contributed by atoms with Crippen LogP contribution in [-0.2, 0) is 27.6 Å². The normalized spacial score (nSPS) is 16.6. The highest BCUT2D eigenvalue weighted by atomic mass is 32.2. The Morgan fingerprint density at radius 3 is 2.78 bits per heavy atom. The predicted molar refractivity (Wildman–Crippen MR) is 88.8 cm³/mol. The zero-order valence-electron chi connectivity index (χ0n) is 12.9. The van der Waals surface area contributed by atoms with Gasteiger partial charge in [-0.25, -0.2) is 13.4 Å². The van der Waals surface area contributed by atoms with Gasteiger partial charge in [0.1, 0.15) is 0 Å². The lowest BCUT2D eigenvalue weighted by Gasteiger charge is -2.26. The van der Waals surface area contributed by atoms with E-state index in [0.29, 0.717) is 37.0 Å². The maximum Gasteiger partial charge on any atom is 0.243 e. The monoisotopic (exact) mass is 353 g/mol. The molecule has 3 rings (SSSR count). The van der Waals surface area contributed by atoms with Crippen molar-refractivity contribution >= 4 is 21.8 Å². The SMILES string of the molecule is Cn1ccnc1SCc1cccc(S(=O)(=O)N2CCOCC2)c1. The third-order valence-corrected chi connectivity index (χ3v) is 6.68. The number of aryl methyl sites for hydroxylation is 1. The second-order valence-electron chi connectivity index (χ2n) is 5.27. The first kappa shape index (κ1) is 16.5. The van der Waals surface area contributed by atoms with Crippen molar-refractivity contribution < 1.29 is 13.2 Å². The van der Waals surface area contributed by atoms with Crippen LogP contribution < -0.4 is 0 Å². The van der Waals surface area contributed by atoms with Crippen LogP contribution >= 0.6 is 11.8 Å². The highest BCUT2D eigenvalue weighted by Gasteiger charge is 2.26. The van der Waals surface area contributed by atoms with E-state index >= 15 is 0 Å². The summed E-state index contributed by atoms with van der Waals surface area (Å²) < 4.78 is 34.0. The van der Waals surface area contributed by atoms with Gasteiger partial charge in [0.15, 0.2) is 5.16 Å². The summed E-state index contributed by atoms with van der Waals surface area (Å²) in [5.41, 5.74) is 0.965. The molecule has 0 bridgehead atoms. The quantitative estimate of drug-likeness (QED) is 0.766. The molecule has 0 aliphatic carbocycles. The van der Waals surface area contributed by atoms with E-state index in [0.717, 1.165) is 10.7 Å². The molecule has 6 nitrogen and oxygen atoms in total. The van der Waals surface area contributed by atoms with Crippen LogP contribution in [0.2, 0.25) is 0 Å². The average Bonchev–Trinajstić information content (AvgIpc) is 2.99. The fourth-order valence-corrected chi connectivity index (χ4v) is 4.72. The Kier molecular flexibility index (Phi) is 5.05. The standard InChI is InChI=1S/C15H19N3O3S2/c1-17-6-5-16-15(17)22-12-13-3-2-4-14(11-13)23(19,20)18-7-9-21-10-8-18/h2-6,11H,7-10,12H2,1H3. The number of sulfonamides is 1. The summed E-state index contributed by atoms with van der Waals surface area (Å²) in [6.45, 7) is 1.73. The van der Waals surface area contributed by atoms with E-state index in [-0.39, 0.29) is 0 Å². The molecule has 1 aliphatic heterocycles. The number of benzene rings is 1. The number of morpholine rings is 1. The molecule has 1 saturated heterocycles. The average molecular weight is 353 g/mol. The molecule has 124 valence electrons. The maximum absolute atomic E-state index is 12.7. The number of nitrogens with zero attached hydrogens (tertiary/aromatic N) is 3. The summed E-state index contributed by atoms with van der Waals surface area (Å²) in [6.07, 6.45) is 3.64. The van der Waals surface area contributed by atoms with E-state index < -0.39 is 10.0 Å². The molecule has 0 N–H and O–H groups in total. The maximum atomic E-state index is 12.7. The van der Waals surface area contributed by atoms with Crippen molar-refractivity contribution in [3.8, 4) is 0 Å². The molecule has 1 fully saturated rings. The van der Waals surface area contributed by atoms with Crippen molar-refractivity contribution in [1.29, 1.82) is 0 Å². The van der Waals surface area contributed by atoms with Gasteiger partial charge in [0, 0.05) is 38.3 Å². The van der Waals surface area contributed by atoms with Gasteiger partial charge in [-0.15, -0.1) is 0 Å². The minimum atomic E-state index is -3.44. The van der Waals surface area contributed by atoms with Crippen LogP contribution in [0.5, 0.6) is 0 Å². The first-order chi connectivity index (χ1) is 11.1. The number of ether oxygens (including phenoxy) is 1. The minimum absolute atomic E-state index is 0.345. The summed E-state index contributed by atoms with van der Waals surface area (Å²) in [6, 6.07) is 7.14. The number of aromatic nitrogens is 2. The molecule has 0 amide bonds. The second-order valence-corrected chi connectivity index (χ2v) is 8.15. The predicted octanol–water partition coefficient (Wildman–Crippen LogP) is 1.73. The molecular formula is C15H19N3O3S2. The van der Waals surface area contributed by atoms with Crippen LogP contribution in [-0.4, -0.2) is 48.6 Å². The molecular weight excluding hydrogens is 334 g/mol. The number of rotatable bonds is 5. The molecule has 1 aliphatic rings. The van der Waals surface area contributed by atoms with Gasteiger partial charge in [0.25, 0.3) is 0 Å². The van der Waals surface area contributed by atoms with Gasteiger partial charge < -0.3 is 9.30 Å². The third-order valence-electron chi connectivity index (χ3n) is 3.65. The molecule has 8 heteroatoms. The molecule has 0 atom stereocenters. The molecule has 0 saturated carbocycles. The molecule has 2 aromatic rings. The highest BCUT2D eigenvalue weighted by Crippen LogP contribution is 2.23. The van der Waals surface area contributed by atoms with E-state index in [2.05, 4.69) is 4.98 Å². The van der Waals surface area contributed by atoms with Gasteiger partial charge in [0.2, 0.25) is 10.0 Å². The van der Waals surface area contributed by atoms with Gasteiger partial charge in [-0.05, 0) is 17.7 Å². The van der Waals surface area contributed by atoms with Crippen molar-refractivity contribution in [1.82, 2.24) is 13.9 Å². The number of imidazole rings is 1. The summed E-state index contributed by atoms with van der Waals surface area (Å²) in [7, 11) is -1.50. The van der Waals surface area contributed by atoms with E-state index in [4.69, 9.17) is 4.74 Å². The lowest BCUT2D eigenvalue weighted by Crippen LogP contribution is -2.40. The van der Waals surface area contributed by atoms with E-state index in [1.54, 1.807) is 36.2 Å². The largest absolute Gasteiger partial charge is 0.379 e. The van der Waals surface area contributed by atoms with E-state index in [9.17, 15) is 8.42 Å². The lowest BCUT2D eigenvalue weighted by molar-refractivity contribution is 0.0730. The topological polar surface area (TPSA) is 64.4 Å². The van der Waals surface area contributed by atoms with Crippen LogP contribution in [0.15, 0.2) is 46.7 Å². The highest BCUT2D eigenvalue weighted by molar-refractivity contribution is 7.98. The van der Waals surface area contributed by atoms with Gasteiger partial charge >= 0.3 is 0 Å². The Hall–Kier alpha value is -1.35. The minimum Gasteiger partial charge on any atom is -0.379 e. The number of thioether (sulfide) groups is 1. The van der Waals surface area contributed by atoms with Crippen LogP contribution in [0, 0.1) is 0 Å². The first-order valence-electron chi connectivity index (χ1n) is 7.34. The number of hydrogen-bond donors (Lipinski definition) is 0.